The van der Waals surface area contributed by atoms with Crippen LogP contribution in [0.4, 0.5) is 0 Å². The highest BCUT2D eigenvalue weighted by Crippen LogP contribution is 2.38. The Morgan fingerprint density at radius 2 is 1.96 bits per heavy atom. The molecule has 0 saturated heterocycles. The largest absolute Gasteiger partial charge is 0.463 e. The zero-order chi connectivity index (χ0) is 20.0. The minimum absolute atomic E-state index is 0.0557. The summed E-state index contributed by atoms with van der Waals surface area (Å²) in [4.78, 5) is 23.7. The van der Waals surface area contributed by atoms with Crippen molar-refractivity contribution in [1.29, 1.82) is 0 Å². The number of ether oxygens (including phenoxy) is 1. The minimum atomic E-state index is -1.86. The van der Waals surface area contributed by atoms with Crippen LogP contribution in [0.2, 0.25) is 18.1 Å². The molecule has 0 bridgehead atoms. The number of unbranched alkanes of at least 4 members (excludes halogenated alkanes) is 1. The molecule has 0 spiro atoms. The fourth-order valence-corrected chi connectivity index (χ4v) is 3.78. The van der Waals surface area contributed by atoms with Gasteiger partial charge < -0.3 is 9.16 Å². The van der Waals surface area contributed by atoms with Crippen molar-refractivity contribution in [3.63, 3.8) is 0 Å². The standard InChI is InChI=1S/C21H36O4Si/c1-16(2)24-20(23)13-11-9-8-10-12-17-14-18(15-19(17)22)25-26(6,7)21(3,4)5/h8,10,14,16,18H,9,11-13,15H2,1-7H3/b10-8+/t18-/m0/s1. The number of esters is 1. The Hall–Kier alpha value is -1.20. The summed E-state index contributed by atoms with van der Waals surface area (Å²) in [5.41, 5.74) is 0.851. The van der Waals surface area contributed by atoms with E-state index in [9.17, 15) is 9.59 Å². The number of hydrogen-bond acceptors (Lipinski definition) is 4. The number of carbonyl (C=O) groups excluding carboxylic acids is 2. The summed E-state index contributed by atoms with van der Waals surface area (Å²) in [5, 5.41) is 0.142. The molecule has 0 aromatic rings. The van der Waals surface area contributed by atoms with Gasteiger partial charge in [0.25, 0.3) is 0 Å². The number of hydrogen-bond donors (Lipinski definition) is 0. The van der Waals surface area contributed by atoms with Gasteiger partial charge in [-0.1, -0.05) is 32.9 Å². The first-order valence-corrected chi connectivity index (χ1v) is 12.6. The van der Waals surface area contributed by atoms with Crippen LogP contribution in [-0.2, 0) is 18.8 Å². The Morgan fingerprint density at radius 1 is 1.31 bits per heavy atom. The van der Waals surface area contributed by atoms with Gasteiger partial charge in [-0.05, 0) is 62.9 Å². The first kappa shape index (κ1) is 22.8. The van der Waals surface area contributed by atoms with E-state index in [4.69, 9.17) is 9.16 Å². The maximum absolute atomic E-state index is 12.2. The van der Waals surface area contributed by atoms with Gasteiger partial charge in [0.1, 0.15) is 0 Å². The zero-order valence-corrected chi connectivity index (χ0v) is 18.6. The molecule has 0 radical (unpaired) electrons. The van der Waals surface area contributed by atoms with Gasteiger partial charge >= 0.3 is 5.97 Å². The van der Waals surface area contributed by atoms with Crippen LogP contribution in [-0.4, -0.2) is 32.3 Å². The molecular formula is C21H36O4Si. The van der Waals surface area contributed by atoms with Crippen LogP contribution >= 0.6 is 0 Å². The molecule has 0 amide bonds. The summed E-state index contributed by atoms with van der Waals surface area (Å²) >= 11 is 0. The number of Topliss-reactive ketones (excluding diaryl/α,β-unsaturated/α-hetero) is 1. The summed E-state index contributed by atoms with van der Waals surface area (Å²) in [6, 6.07) is 0. The molecule has 1 atom stereocenters. The zero-order valence-electron chi connectivity index (χ0n) is 17.6. The fourth-order valence-electron chi connectivity index (χ4n) is 2.52. The number of carbonyl (C=O) groups is 2. The van der Waals surface area contributed by atoms with Gasteiger partial charge in [-0.3, -0.25) is 9.59 Å². The predicted molar refractivity (Wildman–Crippen MR) is 109 cm³/mol. The molecule has 1 rings (SSSR count). The molecule has 148 valence electrons. The van der Waals surface area contributed by atoms with Crippen LogP contribution in [0, 0.1) is 0 Å². The Kier molecular flexibility index (Phi) is 8.48. The summed E-state index contributed by atoms with van der Waals surface area (Å²) in [7, 11) is -1.86. The third-order valence-corrected chi connectivity index (χ3v) is 9.51. The van der Waals surface area contributed by atoms with Crippen molar-refractivity contribution < 1.29 is 18.8 Å². The maximum atomic E-state index is 12.2. The SMILES string of the molecule is CC(C)OC(=O)CCC/C=C/CC1=C[C@H](O[Si](C)(C)C(C)(C)C)CC1=O. The van der Waals surface area contributed by atoms with Gasteiger partial charge in [0.05, 0.1) is 12.2 Å². The molecule has 0 saturated carbocycles. The molecule has 0 aromatic carbocycles. The maximum Gasteiger partial charge on any atom is 0.306 e. The van der Waals surface area contributed by atoms with Gasteiger partial charge in [-0.25, -0.2) is 0 Å². The number of rotatable bonds is 9. The Morgan fingerprint density at radius 3 is 2.54 bits per heavy atom. The summed E-state index contributed by atoms with van der Waals surface area (Å²) in [5.74, 6) is 0.0477. The molecular weight excluding hydrogens is 344 g/mol. The van der Waals surface area contributed by atoms with Crippen molar-refractivity contribution >= 4 is 20.1 Å². The minimum Gasteiger partial charge on any atom is -0.463 e. The van der Waals surface area contributed by atoms with E-state index in [1.54, 1.807) is 0 Å². The van der Waals surface area contributed by atoms with Gasteiger partial charge in [0.15, 0.2) is 14.1 Å². The number of ketones is 1. The Labute approximate surface area is 160 Å². The van der Waals surface area contributed by atoms with Crippen LogP contribution in [0.15, 0.2) is 23.8 Å². The van der Waals surface area contributed by atoms with Crippen LogP contribution in [0.25, 0.3) is 0 Å². The third kappa shape index (κ3) is 7.58. The van der Waals surface area contributed by atoms with E-state index in [1.807, 2.05) is 32.1 Å². The van der Waals surface area contributed by atoms with Crippen molar-refractivity contribution in [2.45, 2.75) is 97.1 Å². The van der Waals surface area contributed by atoms with E-state index in [1.165, 1.54) is 0 Å². The normalized spacial score (nSPS) is 18.7. The Balaban J connectivity index is 2.40. The average Bonchev–Trinajstić information content (AvgIpc) is 2.79. The van der Waals surface area contributed by atoms with E-state index in [-0.39, 0.29) is 29.0 Å². The quantitative estimate of drug-likeness (QED) is 0.234. The second-order valence-corrected chi connectivity index (χ2v) is 13.6. The molecule has 0 N–H and O–H groups in total. The van der Waals surface area contributed by atoms with E-state index in [0.29, 0.717) is 19.3 Å². The molecule has 5 heteroatoms. The summed E-state index contributed by atoms with van der Waals surface area (Å²) in [6.45, 7) is 14.8. The van der Waals surface area contributed by atoms with Crippen molar-refractivity contribution in [1.82, 2.24) is 0 Å². The third-order valence-electron chi connectivity index (χ3n) is 5.01. The Bertz CT molecular complexity index is 553. The first-order valence-electron chi connectivity index (χ1n) is 9.68. The molecule has 0 heterocycles. The van der Waals surface area contributed by atoms with Crippen molar-refractivity contribution in [2.24, 2.45) is 0 Å². The molecule has 0 unspecified atom stereocenters. The lowest BCUT2D eigenvalue weighted by Crippen LogP contribution is -2.43. The van der Waals surface area contributed by atoms with E-state index in [2.05, 4.69) is 33.9 Å². The second-order valence-electron chi connectivity index (χ2n) is 8.84. The molecule has 4 nitrogen and oxygen atoms in total. The lowest BCUT2D eigenvalue weighted by Gasteiger charge is -2.37. The number of allylic oxidation sites excluding steroid dienone is 3. The highest BCUT2D eigenvalue weighted by atomic mass is 28.4. The summed E-state index contributed by atoms with van der Waals surface area (Å²) < 4.78 is 11.4. The average molecular weight is 381 g/mol. The molecule has 1 aliphatic carbocycles. The van der Waals surface area contributed by atoms with Gasteiger partial charge in [-0.2, -0.15) is 0 Å². The molecule has 0 fully saturated rings. The van der Waals surface area contributed by atoms with E-state index >= 15 is 0 Å². The highest BCUT2D eigenvalue weighted by Gasteiger charge is 2.40. The molecule has 26 heavy (non-hydrogen) atoms. The summed E-state index contributed by atoms with van der Waals surface area (Å²) in [6.07, 6.45) is 9.08. The predicted octanol–water partition coefficient (Wildman–Crippen LogP) is 5.34. The molecule has 0 aliphatic heterocycles. The first-order chi connectivity index (χ1) is 11.9. The van der Waals surface area contributed by atoms with Crippen molar-refractivity contribution in [3.8, 4) is 0 Å². The van der Waals surface area contributed by atoms with Crippen LogP contribution in [0.5, 0.6) is 0 Å². The van der Waals surface area contributed by atoms with E-state index in [0.717, 1.165) is 18.4 Å². The van der Waals surface area contributed by atoms with Crippen molar-refractivity contribution in [2.75, 3.05) is 0 Å². The lowest BCUT2D eigenvalue weighted by molar-refractivity contribution is -0.147. The van der Waals surface area contributed by atoms with Gasteiger partial charge in [-0.15, -0.1) is 0 Å². The molecule has 1 aliphatic rings. The van der Waals surface area contributed by atoms with E-state index < -0.39 is 8.32 Å². The topological polar surface area (TPSA) is 52.6 Å². The van der Waals surface area contributed by atoms with Crippen molar-refractivity contribution in [3.05, 3.63) is 23.8 Å². The fraction of sp³-hybridized carbons (Fsp3) is 0.714. The van der Waals surface area contributed by atoms with Crippen LogP contribution in [0.1, 0.15) is 66.7 Å². The smallest absolute Gasteiger partial charge is 0.306 e. The highest BCUT2D eigenvalue weighted by molar-refractivity contribution is 6.74. The molecule has 0 aromatic heterocycles. The lowest BCUT2D eigenvalue weighted by atomic mass is 10.1. The monoisotopic (exact) mass is 380 g/mol. The van der Waals surface area contributed by atoms with Crippen LogP contribution in [0.3, 0.4) is 0 Å². The second kappa shape index (κ2) is 9.65. The van der Waals surface area contributed by atoms with Crippen LogP contribution < -0.4 is 0 Å². The van der Waals surface area contributed by atoms with Gasteiger partial charge in [0.2, 0.25) is 0 Å². The van der Waals surface area contributed by atoms with Gasteiger partial charge in [0, 0.05) is 12.8 Å².